The number of alkyl halides is 1. The summed E-state index contributed by atoms with van der Waals surface area (Å²) < 4.78 is 0. The van der Waals surface area contributed by atoms with Crippen molar-refractivity contribution in [3.8, 4) is 0 Å². The van der Waals surface area contributed by atoms with Crippen molar-refractivity contribution in [2.24, 2.45) is 5.41 Å². The molecule has 1 aromatic rings. The molecule has 0 radical (unpaired) electrons. The zero-order valence-electron chi connectivity index (χ0n) is 13.1. The van der Waals surface area contributed by atoms with Gasteiger partial charge in [-0.2, -0.15) is 0 Å². The van der Waals surface area contributed by atoms with Crippen LogP contribution in [-0.4, -0.2) is 23.6 Å². The van der Waals surface area contributed by atoms with Gasteiger partial charge in [0.1, 0.15) is 0 Å². The summed E-state index contributed by atoms with van der Waals surface area (Å²) in [5.74, 6) is -0.739. The molecule has 2 rings (SSSR count). The van der Waals surface area contributed by atoms with E-state index in [1.54, 1.807) is 4.90 Å². The summed E-state index contributed by atoms with van der Waals surface area (Å²) in [4.78, 5) is 26.5. The number of rotatable bonds is 5. The first-order chi connectivity index (χ1) is 9.90. The van der Waals surface area contributed by atoms with E-state index in [4.69, 9.17) is 0 Å². The number of nitrogens with zero attached hydrogens (tertiary/aromatic N) is 1. The maximum atomic E-state index is 12.5. The fourth-order valence-corrected chi connectivity index (χ4v) is 3.92. The molecule has 114 valence electrons. The highest BCUT2D eigenvalue weighted by Gasteiger charge is 2.41. The number of Topliss-reactive ketones (excluding diaryl/α,β-unsaturated/α-hetero) is 1. The number of ketones is 1. The maximum absolute atomic E-state index is 12.5. The zero-order valence-corrected chi connectivity index (χ0v) is 14.7. The van der Waals surface area contributed by atoms with E-state index in [-0.39, 0.29) is 17.1 Å². The van der Waals surface area contributed by atoms with E-state index < -0.39 is 0 Å². The Kier molecular flexibility index (Phi) is 4.57. The molecule has 0 aromatic heterocycles. The number of halogens is 1. The van der Waals surface area contributed by atoms with Crippen molar-refractivity contribution in [3.63, 3.8) is 0 Å². The summed E-state index contributed by atoms with van der Waals surface area (Å²) in [6.45, 7) is 8.72. The third-order valence-electron chi connectivity index (χ3n) is 4.80. The number of carbonyl (C=O) groups excluding carboxylic acids is 2. The predicted molar refractivity (Wildman–Crippen MR) is 89.4 cm³/mol. The van der Waals surface area contributed by atoms with E-state index in [2.05, 4.69) is 29.8 Å². The fourth-order valence-electron chi connectivity index (χ4n) is 2.95. The molecule has 0 spiro atoms. The van der Waals surface area contributed by atoms with E-state index in [9.17, 15) is 9.59 Å². The van der Waals surface area contributed by atoms with E-state index in [1.165, 1.54) is 0 Å². The molecule has 0 atom stereocenters. The van der Waals surface area contributed by atoms with Gasteiger partial charge in [-0.25, -0.2) is 0 Å². The Hall–Kier alpha value is -1.16. The Balaban J connectivity index is 2.51. The van der Waals surface area contributed by atoms with Crippen LogP contribution >= 0.6 is 15.9 Å². The van der Waals surface area contributed by atoms with Crippen molar-refractivity contribution in [1.29, 1.82) is 0 Å². The zero-order chi connectivity index (χ0) is 15.8. The van der Waals surface area contributed by atoms with E-state index >= 15 is 0 Å². The van der Waals surface area contributed by atoms with Crippen LogP contribution in [0.4, 0.5) is 5.69 Å². The van der Waals surface area contributed by atoms with Crippen molar-refractivity contribution in [1.82, 2.24) is 0 Å². The Morgan fingerprint density at radius 2 is 1.67 bits per heavy atom. The van der Waals surface area contributed by atoms with E-state index in [1.807, 2.05) is 26.0 Å². The van der Waals surface area contributed by atoms with Gasteiger partial charge in [0.2, 0.25) is 0 Å². The minimum atomic E-state index is -0.380. The maximum Gasteiger partial charge on any atom is 0.299 e. The lowest BCUT2D eigenvalue weighted by Crippen LogP contribution is -2.41. The molecule has 1 aliphatic rings. The largest absolute Gasteiger partial charge is 0.304 e. The van der Waals surface area contributed by atoms with Crippen LogP contribution in [0.2, 0.25) is 0 Å². The van der Waals surface area contributed by atoms with Crippen LogP contribution in [0, 0.1) is 19.3 Å². The smallest absolute Gasteiger partial charge is 0.299 e. The average Bonchev–Trinajstić information content (AvgIpc) is 2.74. The molecule has 4 heteroatoms. The molecule has 0 unspecified atom stereocenters. The lowest BCUT2D eigenvalue weighted by atomic mass is 9.84. The molecule has 1 aliphatic heterocycles. The van der Waals surface area contributed by atoms with Crippen molar-refractivity contribution in [3.05, 3.63) is 28.8 Å². The summed E-state index contributed by atoms with van der Waals surface area (Å²) >= 11 is 3.59. The van der Waals surface area contributed by atoms with Gasteiger partial charge in [-0.05, 0) is 43.2 Å². The number of hydrogen-bond acceptors (Lipinski definition) is 2. The van der Waals surface area contributed by atoms with Gasteiger partial charge in [-0.3, -0.25) is 9.59 Å². The summed E-state index contributed by atoms with van der Waals surface area (Å²) in [6.07, 6.45) is 1.93. The van der Waals surface area contributed by atoms with Gasteiger partial charge in [0.25, 0.3) is 11.7 Å². The standard InChI is InChI=1S/C17H22BrNO2/c1-5-17(6-2,9-18)10-19-14-12(4)8-7-11(3)13(14)15(20)16(19)21/h7-8H,5-6,9-10H2,1-4H3. The average molecular weight is 352 g/mol. The summed E-state index contributed by atoms with van der Waals surface area (Å²) in [7, 11) is 0. The lowest BCUT2D eigenvalue weighted by Gasteiger charge is -2.34. The van der Waals surface area contributed by atoms with Crippen LogP contribution in [0.1, 0.15) is 48.2 Å². The molecule has 1 heterocycles. The first-order valence-corrected chi connectivity index (χ1v) is 8.55. The molecule has 0 saturated heterocycles. The van der Waals surface area contributed by atoms with Gasteiger partial charge in [0.05, 0.1) is 11.3 Å². The van der Waals surface area contributed by atoms with Crippen molar-refractivity contribution >= 4 is 33.3 Å². The number of fused-ring (bicyclic) bond motifs is 1. The number of carbonyl (C=O) groups is 2. The van der Waals surface area contributed by atoms with Crippen LogP contribution in [0.3, 0.4) is 0 Å². The molecular formula is C17H22BrNO2. The van der Waals surface area contributed by atoms with Crippen LogP contribution < -0.4 is 4.90 Å². The highest BCUT2D eigenvalue weighted by Crippen LogP contribution is 2.39. The molecule has 0 aliphatic carbocycles. The second-order valence-electron chi connectivity index (χ2n) is 5.98. The minimum Gasteiger partial charge on any atom is -0.304 e. The predicted octanol–water partition coefficient (Wildman–Crippen LogP) is 4.03. The van der Waals surface area contributed by atoms with Gasteiger partial charge in [-0.1, -0.05) is 41.9 Å². The highest BCUT2D eigenvalue weighted by atomic mass is 79.9. The third kappa shape index (κ3) is 2.54. The van der Waals surface area contributed by atoms with E-state index in [0.29, 0.717) is 12.1 Å². The molecule has 1 amide bonds. The number of benzene rings is 1. The normalized spacial score (nSPS) is 14.8. The van der Waals surface area contributed by atoms with Crippen molar-refractivity contribution in [2.45, 2.75) is 40.5 Å². The van der Waals surface area contributed by atoms with E-state index in [0.717, 1.165) is 35.0 Å². The first kappa shape index (κ1) is 16.2. The first-order valence-electron chi connectivity index (χ1n) is 7.43. The molecule has 21 heavy (non-hydrogen) atoms. The highest BCUT2D eigenvalue weighted by molar-refractivity contribution is 9.09. The van der Waals surface area contributed by atoms with Gasteiger partial charge in [0, 0.05) is 11.9 Å². The Morgan fingerprint density at radius 3 is 2.19 bits per heavy atom. The third-order valence-corrected chi connectivity index (χ3v) is 5.99. The van der Waals surface area contributed by atoms with Gasteiger partial charge in [0.15, 0.2) is 0 Å². The molecule has 0 saturated carbocycles. The molecule has 1 aromatic carbocycles. The topological polar surface area (TPSA) is 37.4 Å². The monoisotopic (exact) mass is 351 g/mol. The Bertz CT molecular complexity index is 582. The quantitative estimate of drug-likeness (QED) is 0.593. The Labute approximate surface area is 134 Å². The fraction of sp³-hybridized carbons (Fsp3) is 0.529. The van der Waals surface area contributed by atoms with Crippen LogP contribution in [-0.2, 0) is 4.79 Å². The van der Waals surface area contributed by atoms with Crippen LogP contribution in [0.15, 0.2) is 12.1 Å². The molecule has 0 fully saturated rings. The summed E-state index contributed by atoms with van der Waals surface area (Å²) in [5.41, 5.74) is 3.29. The molecule has 0 N–H and O–H groups in total. The lowest BCUT2D eigenvalue weighted by molar-refractivity contribution is -0.114. The second kappa shape index (κ2) is 5.91. The molecular weight excluding hydrogens is 330 g/mol. The number of hydrogen-bond donors (Lipinski definition) is 0. The SMILES string of the molecule is CCC(CC)(CBr)CN1C(=O)C(=O)c2c(C)ccc(C)c21. The minimum absolute atomic E-state index is 0.00767. The summed E-state index contributed by atoms with van der Waals surface area (Å²) in [5, 5.41) is 0.825. The van der Waals surface area contributed by atoms with Crippen LogP contribution in [0.5, 0.6) is 0 Å². The number of aryl methyl sites for hydroxylation is 2. The summed E-state index contributed by atoms with van der Waals surface area (Å²) in [6, 6.07) is 3.90. The number of anilines is 1. The van der Waals surface area contributed by atoms with Crippen molar-refractivity contribution in [2.75, 3.05) is 16.8 Å². The molecule has 0 bridgehead atoms. The Morgan fingerprint density at radius 1 is 1.10 bits per heavy atom. The molecule has 3 nitrogen and oxygen atoms in total. The van der Waals surface area contributed by atoms with Crippen molar-refractivity contribution < 1.29 is 9.59 Å². The van der Waals surface area contributed by atoms with Gasteiger partial charge < -0.3 is 4.90 Å². The number of amides is 1. The van der Waals surface area contributed by atoms with Gasteiger partial charge >= 0.3 is 0 Å². The second-order valence-corrected chi connectivity index (χ2v) is 6.54. The van der Waals surface area contributed by atoms with Gasteiger partial charge in [-0.15, -0.1) is 0 Å². The van der Waals surface area contributed by atoms with Crippen LogP contribution in [0.25, 0.3) is 0 Å².